The first-order valence-corrected chi connectivity index (χ1v) is 11.3. The lowest BCUT2D eigenvalue weighted by Gasteiger charge is -2.17. The summed E-state index contributed by atoms with van der Waals surface area (Å²) in [4.78, 5) is 14.3. The SMILES string of the molecule is CN(CC(=O)Nc1ccc(-c2ccccc2S(N)(=O)=O)cc1)Cc1cccc(C(=N)N)c1. The van der Waals surface area contributed by atoms with E-state index in [4.69, 9.17) is 16.3 Å². The van der Waals surface area contributed by atoms with E-state index in [9.17, 15) is 13.2 Å². The molecule has 0 saturated carbocycles. The highest BCUT2D eigenvalue weighted by Gasteiger charge is 2.15. The molecule has 0 atom stereocenters. The molecule has 0 aliphatic rings. The maximum absolute atomic E-state index is 12.4. The molecule has 3 aromatic rings. The Labute approximate surface area is 187 Å². The van der Waals surface area contributed by atoms with Crippen molar-refractivity contribution in [3.8, 4) is 11.1 Å². The van der Waals surface area contributed by atoms with Gasteiger partial charge in [0.2, 0.25) is 15.9 Å². The highest BCUT2D eigenvalue weighted by molar-refractivity contribution is 7.89. The number of nitrogens with one attached hydrogen (secondary N) is 2. The number of primary sulfonamides is 1. The lowest BCUT2D eigenvalue weighted by Crippen LogP contribution is -2.29. The number of amides is 1. The molecular formula is C23H25N5O3S. The summed E-state index contributed by atoms with van der Waals surface area (Å²) in [5.74, 6) is -0.185. The highest BCUT2D eigenvalue weighted by Crippen LogP contribution is 2.27. The van der Waals surface area contributed by atoms with Gasteiger partial charge in [-0.3, -0.25) is 15.1 Å². The molecule has 0 aromatic heterocycles. The van der Waals surface area contributed by atoms with Crippen molar-refractivity contribution in [2.24, 2.45) is 10.9 Å². The van der Waals surface area contributed by atoms with Gasteiger partial charge in [0, 0.05) is 23.4 Å². The van der Waals surface area contributed by atoms with Gasteiger partial charge in [-0.25, -0.2) is 13.6 Å². The van der Waals surface area contributed by atoms with Crippen LogP contribution in [0.2, 0.25) is 0 Å². The summed E-state index contributed by atoms with van der Waals surface area (Å²) in [5.41, 5.74) is 8.89. The fourth-order valence-corrected chi connectivity index (χ4v) is 4.10. The number of amidine groups is 1. The van der Waals surface area contributed by atoms with E-state index in [2.05, 4.69) is 5.32 Å². The van der Waals surface area contributed by atoms with Crippen LogP contribution in [0.3, 0.4) is 0 Å². The van der Waals surface area contributed by atoms with Gasteiger partial charge in [0.25, 0.3) is 0 Å². The first kappa shape index (κ1) is 23.1. The topological polar surface area (TPSA) is 142 Å². The molecule has 1 amide bonds. The van der Waals surface area contributed by atoms with Crippen molar-refractivity contribution < 1.29 is 13.2 Å². The molecule has 0 heterocycles. The Morgan fingerprint density at radius 1 is 1.03 bits per heavy atom. The number of sulfonamides is 1. The lowest BCUT2D eigenvalue weighted by atomic mass is 10.1. The molecular weight excluding hydrogens is 426 g/mol. The van der Waals surface area contributed by atoms with Gasteiger partial charge in [0.05, 0.1) is 11.4 Å². The molecule has 166 valence electrons. The Morgan fingerprint density at radius 3 is 2.38 bits per heavy atom. The normalized spacial score (nSPS) is 11.3. The fourth-order valence-electron chi connectivity index (χ4n) is 3.34. The third kappa shape index (κ3) is 6.01. The number of nitrogens with zero attached hydrogens (tertiary/aromatic N) is 1. The summed E-state index contributed by atoms with van der Waals surface area (Å²) in [6, 6.07) is 20.7. The van der Waals surface area contributed by atoms with Crippen molar-refractivity contribution in [3.05, 3.63) is 83.9 Å². The molecule has 0 saturated heterocycles. The molecule has 0 fully saturated rings. The van der Waals surface area contributed by atoms with Crippen LogP contribution in [0.4, 0.5) is 5.69 Å². The minimum absolute atomic E-state index is 0.00220. The molecule has 0 unspecified atom stereocenters. The maximum atomic E-state index is 12.4. The molecule has 3 rings (SSSR count). The Kier molecular flexibility index (Phi) is 7.04. The van der Waals surface area contributed by atoms with Crippen molar-refractivity contribution in [3.63, 3.8) is 0 Å². The van der Waals surface area contributed by atoms with Crippen LogP contribution in [0.25, 0.3) is 11.1 Å². The van der Waals surface area contributed by atoms with Crippen molar-refractivity contribution in [1.82, 2.24) is 4.90 Å². The third-order valence-electron chi connectivity index (χ3n) is 4.78. The van der Waals surface area contributed by atoms with Gasteiger partial charge in [0.15, 0.2) is 0 Å². The molecule has 8 nitrogen and oxygen atoms in total. The average molecular weight is 452 g/mol. The zero-order valence-corrected chi connectivity index (χ0v) is 18.4. The number of nitrogen functional groups attached to an aromatic ring is 1. The van der Waals surface area contributed by atoms with Crippen LogP contribution in [-0.4, -0.2) is 38.7 Å². The number of hydrogen-bond acceptors (Lipinski definition) is 5. The monoisotopic (exact) mass is 451 g/mol. The number of benzene rings is 3. The molecule has 9 heteroatoms. The summed E-state index contributed by atoms with van der Waals surface area (Å²) in [6.45, 7) is 0.693. The average Bonchev–Trinajstić information content (AvgIpc) is 2.73. The largest absolute Gasteiger partial charge is 0.384 e. The predicted octanol–water partition coefficient (Wildman–Crippen LogP) is 2.36. The molecule has 0 spiro atoms. The number of hydrogen-bond donors (Lipinski definition) is 4. The quantitative estimate of drug-likeness (QED) is 0.307. The number of carbonyl (C=O) groups is 1. The second kappa shape index (κ2) is 9.73. The number of likely N-dealkylation sites (N-methyl/N-ethyl adjacent to an activating group) is 1. The lowest BCUT2D eigenvalue weighted by molar-refractivity contribution is -0.117. The number of carbonyl (C=O) groups excluding carboxylic acids is 1. The second-order valence-corrected chi connectivity index (χ2v) is 8.98. The summed E-state index contributed by atoms with van der Waals surface area (Å²) in [7, 11) is -2.02. The number of rotatable bonds is 8. The van der Waals surface area contributed by atoms with Gasteiger partial charge in [0.1, 0.15) is 5.84 Å². The van der Waals surface area contributed by atoms with E-state index >= 15 is 0 Å². The number of nitrogens with two attached hydrogens (primary N) is 2. The Balaban J connectivity index is 1.63. The summed E-state index contributed by atoms with van der Waals surface area (Å²) in [6.07, 6.45) is 0. The molecule has 3 aromatic carbocycles. The molecule has 0 aliphatic carbocycles. The molecule has 6 N–H and O–H groups in total. The highest BCUT2D eigenvalue weighted by atomic mass is 32.2. The van der Waals surface area contributed by atoms with E-state index in [1.165, 1.54) is 6.07 Å². The second-order valence-electron chi connectivity index (χ2n) is 7.45. The van der Waals surface area contributed by atoms with Gasteiger partial charge < -0.3 is 11.1 Å². The van der Waals surface area contributed by atoms with E-state index in [-0.39, 0.29) is 23.2 Å². The van der Waals surface area contributed by atoms with Crippen molar-refractivity contribution in [2.45, 2.75) is 11.4 Å². The van der Waals surface area contributed by atoms with Gasteiger partial charge in [-0.05, 0) is 42.4 Å². The maximum Gasteiger partial charge on any atom is 0.238 e. The van der Waals surface area contributed by atoms with Gasteiger partial charge >= 0.3 is 0 Å². The van der Waals surface area contributed by atoms with Crippen LogP contribution in [0, 0.1) is 5.41 Å². The van der Waals surface area contributed by atoms with Gasteiger partial charge in [-0.2, -0.15) is 0 Å². The Bertz CT molecular complexity index is 1240. The van der Waals surface area contributed by atoms with E-state index < -0.39 is 10.0 Å². The van der Waals surface area contributed by atoms with Gasteiger partial charge in [-0.1, -0.05) is 48.5 Å². The third-order valence-corrected chi connectivity index (χ3v) is 5.75. The molecule has 0 aliphatic heterocycles. The smallest absolute Gasteiger partial charge is 0.238 e. The van der Waals surface area contributed by atoms with E-state index in [1.807, 2.05) is 30.1 Å². The Hall–Kier alpha value is -3.53. The number of anilines is 1. The van der Waals surface area contributed by atoms with Crippen molar-refractivity contribution >= 4 is 27.5 Å². The van der Waals surface area contributed by atoms with Crippen molar-refractivity contribution in [2.75, 3.05) is 18.9 Å². The fraction of sp³-hybridized carbons (Fsp3) is 0.130. The zero-order valence-electron chi connectivity index (χ0n) is 17.6. The summed E-state index contributed by atoms with van der Waals surface area (Å²) >= 11 is 0. The van der Waals surface area contributed by atoms with Crippen molar-refractivity contribution in [1.29, 1.82) is 5.41 Å². The summed E-state index contributed by atoms with van der Waals surface area (Å²) in [5, 5.41) is 15.7. The predicted molar refractivity (Wildman–Crippen MR) is 126 cm³/mol. The van der Waals surface area contributed by atoms with E-state index in [0.29, 0.717) is 28.9 Å². The minimum Gasteiger partial charge on any atom is -0.384 e. The standard InChI is InChI=1S/C23H25N5O3S/c1-28(14-16-5-4-6-18(13-16)23(24)25)15-22(29)27-19-11-9-17(10-12-19)20-7-2-3-8-21(20)32(26,30)31/h2-13H,14-15H2,1H3,(H3,24,25)(H,27,29)(H2,26,30,31). The van der Waals surface area contributed by atoms with E-state index in [0.717, 1.165) is 5.56 Å². The minimum atomic E-state index is -3.85. The Morgan fingerprint density at radius 2 is 1.72 bits per heavy atom. The van der Waals surface area contributed by atoms with Gasteiger partial charge in [-0.15, -0.1) is 0 Å². The molecule has 0 radical (unpaired) electrons. The van der Waals surface area contributed by atoms with E-state index in [1.54, 1.807) is 48.5 Å². The van der Waals surface area contributed by atoms with Crippen LogP contribution >= 0.6 is 0 Å². The first-order chi connectivity index (χ1) is 15.1. The van der Waals surface area contributed by atoms with Crippen LogP contribution in [0.15, 0.2) is 77.7 Å². The summed E-state index contributed by atoms with van der Waals surface area (Å²) < 4.78 is 23.6. The van der Waals surface area contributed by atoms with Crippen LogP contribution in [0.1, 0.15) is 11.1 Å². The van der Waals surface area contributed by atoms with Crippen LogP contribution < -0.4 is 16.2 Å². The van der Waals surface area contributed by atoms with Crippen LogP contribution in [-0.2, 0) is 21.4 Å². The molecule has 0 bridgehead atoms. The first-order valence-electron chi connectivity index (χ1n) is 9.77. The molecule has 32 heavy (non-hydrogen) atoms. The zero-order chi connectivity index (χ0) is 23.3. The van der Waals surface area contributed by atoms with Crippen LogP contribution in [0.5, 0.6) is 0 Å².